The number of anilines is 1. The number of benzene rings is 2. The minimum absolute atomic E-state index is 0.162. The molecule has 9 heteroatoms. The van der Waals surface area contributed by atoms with Crippen molar-refractivity contribution in [1.29, 1.82) is 0 Å². The maximum absolute atomic E-state index is 14.4. The van der Waals surface area contributed by atoms with Crippen molar-refractivity contribution >= 4 is 43.6 Å². The fourth-order valence-corrected chi connectivity index (χ4v) is 5.75. The van der Waals surface area contributed by atoms with E-state index in [1.54, 1.807) is 17.0 Å². The quantitative estimate of drug-likeness (QED) is 0.263. The third kappa shape index (κ3) is 4.30. The van der Waals surface area contributed by atoms with Gasteiger partial charge in [0.2, 0.25) is 0 Å². The molecule has 2 aromatic carbocycles. The molecule has 39 heavy (non-hydrogen) atoms. The summed E-state index contributed by atoms with van der Waals surface area (Å²) in [6.45, 7) is 3.87. The van der Waals surface area contributed by atoms with Crippen LogP contribution in [0.2, 0.25) is 0 Å². The molecule has 0 bridgehead atoms. The lowest BCUT2D eigenvalue weighted by atomic mass is 9.98. The highest BCUT2D eigenvalue weighted by Gasteiger charge is 2.24. The number of halogens is 1. The number of fused-ring (bicyclic) bond motifs is 2. The first-order valence-electron chi connectivity index (χ1n) is 12.4. The molecule has 8 nitrogen and oxygen atoms in total. The van der Waals surface area contributed by atoms with Crippen molar-refractivity contribution in [3.63, 3.8) is 0 Å². The van der Waals surface area contributed by atoms with Gasteiger partial charge in [-0.25, -0.2) is 9.97 Å². The summed E-state index contributed by atoms with van der Waals surface area (Å²) in [4.78, 5) is 43.1. The number of pyridine rings is 3. The summed E-state index contributed by atoms with van der Waals surface area (Å²) < 4.78 is 2.47. The second-order valence-corrected chi connectivity index (χ2v) is 10.0. The standard InChI is InChI=1S/C30H23BrN6O2/c1-17-11-12-19(15-33-17)21-9-6-10-22-24(21)30(39)37(20-7-4-3-5-8-20)27(26(22)31)18(2)36-29-25-23(38)13-14-32-28(25)34-16-35-29/h3-16,18H,1-2H3,(H2,32,34,35,36,38)/t18-/m0/s1. The number of aromatic nitrogens is 5. The molecular formula is C30H23BrN6O2. The fraction of sp³-hybridized carbons (Fsp3) is 0.100. The Morgan fingerprint density at radius 3 is 2.51 bits per heavy atom. The van der Waals surface area contributed by atoms with Gasteiger partial charge in [-0.05, 0) is 53.5 Å². The number of H-pyrrole nitrogens is 1. The molecule has 6 aromatic rings. The highest BCUT2D eigenvalue weighted by Crippen LogP contribution is 2.36. The van der Waals surface area contributed by atoms with Crippen molar-refractivity contribution < 1.29 is 0 Å². The SMILES string of the molecule is Cc1ccc(-c2cccc3c(Br)c([C@H](C)Nc4ncnc5[nH]ccc(=O)c45)n(-c4ccccc4)c(=O)c23)cn1. The van der Waals surface area contributed by atoms with Crippen LogP contribution in [0.25, 0.3) is 38.6 Å². The first-order chi connectivity index (χ1) is 18.9. The van der Waals surface area contributed by atoms with E-state index in [-0.39, 0.29) is 11.0 Å². The van der Waals surface area contributed by atoms with E-state index in [1.165, 1.54) is 12.4 Å². The van der Waals surface area contributed by atoms with E-state index in [9.17, 15) is 9.59 Å². The Bertz CT molecular complexity index is 1960. The van der Waals surface area contributed by atoms with Crippen LogP contribution in [-0.4, -0.2) is 24.5 Å². The summed E-state index contributed by atoms with van der Waals surface area (Å²) >= 11 is 3.84. The van der Waals surface area contributed by atoms with Crippen LogP contribution in [0, 0.1) is 6.92 Å². The highest BCUT2D eigenvalue weighted by molar-refractivity contribution is 9.10. The van der Waals surface area contributed by atoms with Gasteiger partial charge < -0.3 is 10.3 Å². The van der Waals surface area contributed by atoms with Crippen LogP contribution in [0.15, 0.2) is 99.5 Å². The maximum atomic E-state index is 14.4. The normalized spacial score (nSPS) is 12.1. The van der Waals surface area contributed by atoms with Gasteiger partial charge in [-0.3, -0.25) is 19.1 Å². The van der Waals surface area contributed by atoms with Gasteiger partial charge in [-0.15, -0.1) is 0 Å². The van der Waals surface area contributed by atoms with Crippen molar-refractivity contribution in [2.75, 3.05) is 5.32 Å². The lowest BCUT2D eigenvalue weighted by Crippen LogP contribution is -2.27. The summed E-state index contributed by atoms with van der Waals surface area (Å²) in [6, 6.07) is 20.2. The van der Waals surface area contributed by atoms with E-state index in [0.717, 1.165) is 32.4 Å². The fourth-order valence-electron chi connectivity index (χ4n) is 4.90. The van der Waals surface area contributed by atoms with Crippen LogP contribution in [-0.2, 0) is 0 Å². The number of nitrogens with zero attached hydrogens (tertiary/aromatic N) is 4. The molecule has 0 aliphatic carbocycles. The van der Waals surface area contributed by atoms with Gasteiger partial charge >= 0.3 is 0 Å². The third-order valence-electron chi connectivity index (χ3n) is 6.73. The monoisotopic (exact) mass is 578 g/mol. The van der Waals surface area contributed by atoms with Gasteiger partial charge in [-0.2, -0.15) is 0 Å². The Balaban J connectivity index is 1.62. The van der Waals surface area contributed by atoms with Crippen molar-refractivity contribution in [2.45, 2.75) is 19.9 Å². The molecular weight excluding hydrogens is 556 g/mol. The van der Waals surface area contributed by atoms with E-state index < -0.39 is 6.04 Å². The molecule has 0 fully saturated rings. The molecule has 4 aromatic heterocycles. The number of para-hydroxylation sites is 1. The largest absolute Gasteiger partial charge is 0.361 e. The minimum atomic E-state index is -0.431. The molecule has 6 rings (SSSR count). The number of nitrogens with one attached hydrogen (secondary N) is 2. The van der Waals surface area contributed by atoms with E-state index in [2.05, 4.69) is 41.2 Å². The average molecular weight is 579 g/mol. The van der Waals surface area contributed by atoms with Crippen LogP contribution in [0.5, 0.6) is 0 Å². The van der Waals surface area contributed by atoms with Gasteiger partial charge in [0.05, 0.1) is 17.1 Å². The summed E-state index contributed by atoms with van der Waals surface area (Å²) in [5.41, 5.74) is 4.05. The van der Waals surface area contributed by atoms with Crippen molar-refractivity contribution in [3.05, 3.63) is 122 Å². The molecule has 0 saturated heterocycles. The summed E-state index contributed by atoms with van der Waals surface area (Å²) in [5.74, 6) is 0.382. The summed E-state index contributed by atoms with van der Waals surface area (Å²) in [5, 5.41) is 5.08. The van der Waals surface area contributed by atoms with Crippen LogP contribution in [0.3, 0.4) is 0 Å². The van der Waals surface area contributed by atoms with Gasteiger partial charge in [0.25, 0.3) is 5.56 Å². The van der Waals surface area contributed by atoms with Crippen molar-refractivity contribution in [3.8, 4) is 16.8 Å². The second kappa shape index (κ2) is 9.92. The first kappa shape index (κ1) is 24.7. The number of aryl methyl sites for hydroxylation is 1. The Morgan fingerprint density at radius 2 is 1.74 bits per heavy atom. The van der Waals surface area contributed by atoms with Gasteiger partial charge in [-0.1, -0.05) is 42.5 Å². The zero-order valence-electron chi connectivity index (χ0n) is 21.1. The number of aromatic amines is 1. The molecule has 0 unspecified atom stereocenters. The van der Waals surface area contributed by atoms with E-state index in [0.29, 0.717) is 27.9 Å². The molecule has 4 heterocycles. The Hall–Kier alpha value is -4.63. The van der Waals surface area contributed by atoms with E-state index in [4.69, 9.17) is 0 Å². The molecule has 192 valence electrons. The van der Waals surface area contributed by atoms with E-state index >= 15 is 0 Å². The van der Waals surface area contributed by atoms with Crippen LogP contribution in [0.1, 0.15) is 24.4 Å². The molecule has 0 saturated carbocycles. The van der Waals surface area contributed by atoms with E-state index in [1.807, 2.05) is 74.5 Å². The second-order valence-electron chi connectivity index (χ2n) is 9.25. The lowest BCUT2D eigenvalue weighted by molar-refractivity contribution is 0.768. The summed E-state index contributed by atoms with van der Waals surface area (Å²) in [6.07, 6.45) is 4.74. The molecule has 1 atom stereocenters. The Kier molecular flexibility index (Phi) is 6.28. The van der Waals surface area contributed by atoms with Crippen molar-refractivity contribution in [2.24, 2.45) is 0 Å². The predicted molar refractivity (Wildman–Crippen MR) is 157 cm³/mol. The maximum Gasteiger partial charge on any atom is 0.263 e. The highest BCUT2D eigenvalue weighted by atomic mass is 79.9. The van der Waals surface area contributed by atoms with Gasteiger partial charge in [0.15, 0.2) is 5.43 Å². The van der Waals surface area contributed by atoms with Crippen molar-refractivity contribution in [1.82, 2.24) is 24.5 Å². The number of rotatable bonds is 5. The minimum Gasteiger partial charge on any atom is -0.361 e. The van der Waals surface area contributed by atoms with Gasteiger partial charge in [0, 0.05) is 45.3 Å². The smallest absolute Gasteiger partial charge is 0.263 e. The molecule has 0 radical (unpaired) electrons. The molecule has 0 amide bonds. The Morgan fingerprint density at radius 1 is 0.923 bits per heavy atom. The average Bonchev–Trinajstić information content (AvgIpc) is 2.95. The zero-order chi connectivity index (χ0) is 27.1. The number of hydrogen-bond donors (Lipinski definition) is 2. The zero-order valence-corrected chi connectivity index (χ0v) is 22.7. The van der Waals surface area contributed by atoms with Crippen LogP contribution < -0.4 is 16.3 Å². The molecule has 0 spiro atoms. The van der Waals surface area contributed by atoms with Gasteiger partial charge in [0.1, 0.15) is 23.2 Å². The molecule has 0 aliphatic heterocycles. The topological polar surface area (TPSA) is 106 Å². The predicted octanol–water partition coefficient (Wildman–Crippen LogP) is 5.93. The Labute approximate surface area is 231 Å². The van der Waals surface area contributed by atoms with Crippen LogP contribution in [0.4, 0.5) is 5.82 Å². The van der Waals surface area contributed by atoms with Crippen LogP contribution >= 0.6 is 15.9 Å². The third-order valence-corrected chi connectivity index (χ3v) is 7.57. The molecule has 0 aliphatic rings. The first-order valence-corrected chi connectivity index (χ1v) is 13.2. The summed E-state index contributed by atoms with van der Waals surface area (Å²) in [7, 11) is 0. The number of hydrogen-bond acceptors (Lipinski definition) is 6. The molecule has 2 N–H and O–H groups in total. The lowest BCUT2D eigenvalue weighted by Gasteiger charge is -2.24.